The topological polar surface area (TPSA) is 66.5 Å². The molecule has 0 bridgehead atoms. The van der Waals surface area contributed by atoms with Gasteiger partial charge in [0.25, 0.3) is 5.91 Å². The molecular formula is C27H31ClN2O3S. The molecule has 3 aromatic rings. The van der Waals surface area contributed by atoms with E-state index in [1.807, 2.05) is 19.1 Å². The molecule has 0 unspecified atom stereocenters. The molecule has 0 aromatic heterocycles. The summed E-state index contributed by atoms with van der Waals surface area (Å²) in [6.07, 6.45) is 1.16. The van der Waals surface area contributed by atoms with Gasteiger partial charge in [0, 0.05) is 10.6 Å². The highest BCUT2D eigenvalue weighted by Crippen LogP contribution is 2.25. The van der Waals surface area contributed by atoms with E-state index in [1.54, 1.807) is 48.5 Å². The summed E-state index contributed by atoms with van der Waals surface area (Å²) in [7, 11) is -3.52. The normalized spacial score (nSPS) is 12.8. The Morgan fingerprint density at radius 2 is 1.62 bits per heavy atom. The van der Waals surface area contributed by atoms with Crippen LogP contribution in [0.1, 0.15) is 60.8 Å². The van der Waals surface area contributed by atoms with Crippen LogP contribution < -0.4 is 9.62 Å². The van der Waals surface area contributed by atoms with E-state index >= 15 is 0 Å². The first kappa shape index (κ1) is 25.8. The summed E-state index contributed by atoms with van der Waals surface area (Å²) in [5.74, 6) is -0.186. The molecule has 7 heteroatoms. The average molecular weight is 499 g/mol. The van der Waals surface area contributed by atoms with Crippen molar-refractivity contribution in [2.75, 3.05) is 10.6 Å². The van der Waals surface area contributed by atoms with Gasteiger partial charge >= 0.3 is 0 Å². The van der Waals surface area contributed by atoms with Crippen LogP contribution in [0.25, 0.3) is 0 Å². The molecule has 0 aliphatic carbocycles. The van der Waals surface area contributed by atoms with Crippen LogP contribution in [0, 0.1) is 0 Å². The van der Waals surface area contributed by atoms with Gasteiger partial charge < -0.3 is 5.32 Å². The maximum atomic E-state index is 12.8. The predicted octanol–water partition coefficient (Wildman–Crippen LogP) is 6.09. The standard InChI is InChI=1S/C27H31ClN2O3S/c1-19(21-13-15-23(16-14-21)27(2,3)4)29-26(31)22-11-9-20(10-12-22)18-30(34(5,32)33)25-8-6-7-24(28)17-25/h6-17,19H,18H2,1-5H3,(H,29,31)/t19-/m0/s1. The lowest BCUT2D eigenvalue weighted by atomic mass is 9.86. The number of anilines is 1. The first-order chi connectivity index (χ1) is 15.8. The van der Waals surface area contributed by atoms with Crippen molar-refractivity contribution in [2.45, 2.75) is 45.7 Å². The van der Waals surface area contributed by atoms with Crippen molar-refractivity contribution in [1.82, 2.24) is 5.32 Å². The van der Waals surface area contributed by atoms with Crippen molar-refractivity contribution >= 4 is 33.2 Å². The Bertz CT molecular complexity index is 1250. The fourth-order valence-electron chi connectivity index (χ4n) is 3.59. The number of amides is 1. The molecule has 1 N–H and O–H groups in total. The van der Waals surface area contributed by atoms with Crippen LogP contribution >= 0.6 is 11.6 Å². The van der Waals surface area contributed by atoms with Crippen LogP contribution in [0.3, 0.4) is 0 Å². The number of carbonyl (C=O) groups excluding carboxylic acids is 1. The quantitative estimate of drug-likeness (QED) is 0.428. The predicted molar refractivity (Wildman–Crippen MR) is 140 cm³/mol. The zero-order valence-electron chi connectivity index (χ0n) is 20.2. The van der Waals surface area contributed by atoms with E-state index in [1.165, 1.54) is 9.87 Å². The van der Waals surface area contributed by atoms with Gasteiger partial charge in [-0.05, 0) is 59.4 Å². The molecule has 3 aromatic carbocycles. The third-order valence-electron chi connectivity index (χ3n) is 5.66. The molecular weight excluding hydrogens is 468 g/mol. The molecule has 3 rings (SSSR count). The van der Waals surface area contributed by atoms with Gasteiger partial charge in [0.2, 0.25) is 10.0 Å². The monoisotopic (exact) mass is 498 g/mol. The van der Waals surface area contributed by atoms with E-state index in [0.717, 1.165) is 17.4 Å². The Labute approximate surface area is 207 Å². The molecule has 0 aliphatic rings. The Balaban J connectivity index is 1.70. The zero-order chi connectivity index (χ0) is 25.1. The molecule has 1 amide bonds. The minimum Gasteiger partial charge on any atom is -0.346 e. The third kappa shape index (κ3) is 6.61. The Hall–Kier alpha value is -2.83. The second-order valence-electron chi connectivity index (χ2n) is 9.51. The van der Waals surface area contributed by atoms with Gasteiger partial charge in [-0.1, -0.05) is 74.8 Å². The fourth-order valence-corrected chi connectivity index (χ4v) is 4.66. The molecule has 5 nitrogen and oxygen atoms in total. The van der Waals surface area contributed by atoms with Crippen molar-refractivity contribution < 1.29 is 13.2 Å². The summed E-state index contributed by atoms with van der Waals surface area (Å²) in [6, 6.07) is 21.8. The lowest BCUT2D eigenvalue weighted by Gasteiger charge is -2.23. The smallest absolute Gasteiger partial charge is 0.251 e. The van der Waals surface area contributed by atoms with E-state index in [2.05, 4.69) is 38.2 Å². The summed E-state index contributed by atoms with van der Waals surface area (Å²) in [6.45, 7) is 8.59. The first-order valence-corrected chi connectivity index (χ1v) is 13.3. The highest BCUT2D eigenvalue weighted by atomic mass is 35.5. The number of rotatable bonds is 7. The van der Waals surface area contributed by atoms with Gasteiger partial charge in [-0.15, -0.1) is 0 Å². The minimum absolute atomic E-state index is 0.0756. The number of carbonyl (C=O) groups is 1. The molecule has 0 saturated heterocycles. The lowest BCUT2D eigenvalue weighted by molar-refractivity contribution is 0.0940. The third-order valence-corrected chi connectivity index (χ3v) is 7.04. The van der Waals surface area contributed by atoms with E-state index < -0.39 is 10.0 Å². The number of nitrogens with zero attached hydrogens (tertiary/aromatic N) is 1. The highest BCUT2D eigenvalue weighted by Gasteiger charge is 2.19. The number of benzene rings is 3. The fraction of sp³-hybridized carbons (Fsp3) is 0.296. The SMILES string of the molecule is C[C@H](NC(=O)c1ccc(CN(c2cccc(Cl)c2)S(C)(=O)=O)cc1)c1ccc(C(C)(C)C)cc1. The van der Waals surface area contributed by atoms with Crippen LogP contribution in [-0.2, 0) is 22.0 Å². The van der Waals surface area contributed by atoms with E-state index in [0.29, 0.717) is 16.3 Å². The molecule has 180 valence electrons. The van der Waals surface area contributed by atoms with Gasteiger partial charge in [0.1, 0.15) is 0 Å². The number of sulfonamides is 1. The van der Waals surface area contributed by atoms with Crippen LogP contribution in [0.2, 0.25) is 5.02 Å². The van der Waals surface area contributed by atoms with Crippen molar-refractivity contribution in [3.8, 4) is 0 Å². The van der Waals surface area contributed by atoms with Crippen LogP contribution in [0.15, 0.2) is 72.8 Å². The maximum absolute atomic E-state index is 12.8. The number of halogens is 1. The Morgan fingerprint density at radius 1 is 1.00 bits per heavy atom. The number of hydrogen-bond donors (Lipinski definition) is 1. The van der Waals surface area contributed by atoms with E-state index in [-0.39, 0.29) is 23.9 Å². The summed E-state index contributed by atoms with van der Waals surface area (Å²) in [5, 5.41) is 3.49. The van der Waals surface area contributed by atoms with Crippen molar-refractivity contribution in [3.05, 3.63) is 100 Å². The van der Waals surface area contributed by atoms with Crippen molar-refractivity contribution in [1.29, 1.82) is 0 Å². The molecule has 0 fully saturated rings. The minimum atomic E-state index is -3.52. The van der Waals surface area contributed by atoms with Gasteiger partial charge in [0.05, 0.1) is 24.5 Å². The van der Waals surface area contributed by atoms with Crippen molar-refractivity contribution in [3.63, 3.8) is 0 Å². The molecule has 0 aliphatic heterocycles. The average Bonchev–Trinajstić information content (AvgIpc) is 2.76. The summed E-state index contributed by atoms with van der Waals surface area (Å²) < 4.78 is 26.0. The maximum Gasteiger partial charge on any atom is 0.251 e. The largest absolute Gasteiger partial charge is 0.346 e. The van der Waals surface area contributed by atoms with Crippen LogP contribution in [0.4, 0.5) is 5.69 Å². The lowest BCUT2D eigenvalue weighted by Crippen LogP contribution is -2.29. The zero-order valence-corrected chi connectivity index (χ0v) is 21.7. The summed E-state index contributed by atoms with van der Waals surface area (Å²) in [5.41, 5.74) is 4.10. The number of hydrogen-bond acceptors (Lipinski definition) is 3. The Kier molecular flexibility index (Phi) is 7.74. The van der Waals surface area contributed by atoms with Gasteiger partial charge in [-0.25, -0.2) is 8.42 Å². The molecule has 34 heavy (non-hydrogen) atoms. The van der Waals surface area contributed by atoms with Gasteiger partial charge in [-0.3, -0.25) is 9.10 Å². The first-order valence-electron chi connectivity index (χ1n) is 11.1. The molecule has 0 saturated carbocycles. The molecule has 1 atom stereocenters. The van der Waals surface area contributed by atoms with Gasteiger partial charge in [0.15, 0.2) is 0 Å². The molecule has 0 spiro atoms. The second-order valence-corrected chi connectivity index (χ2v) is 11.9. The molecule has 0 radical (unpaired) electrons. The van der Waals surface area contributed by atoms with Gasteiger partial charge in [-0.2, -0.15) is 0 Å². The summed E-state index contributed by atoms with van der Waals surface area (Å²) >= 11 is 6.04. The van der Waals surface area contributed by atoms with Crippen LogP contribution in [0.5, 0.6) is 0 Å². The number of nitrogens with one attached hydrogen (secondary N) is 1. The Morgan fingerprint density at radius 3 is 2.15 bits per heavy atom. The van der Waals surface area contributed by atoms with E-state index in [9.17, 15) is 13.2 Å². The highest BCUT2D eigenvalue weighted by molar-refractivity contribution is 7.92. The van der Waals surface area contributed by atoms with Crippen LogP contribution in [-0.4, -0.2) is 20.6 Å². The molecule has 0 heterocycles. The van der Waals surface area contributed by atoms with Crippen molar-refractivity contribution in [2.24, 2.45) is 0 Å². The second kappa shape index (κ2) is 10.2. The summed E-state index contributed by atoms with van der Waals surface area (Å²) in [4.78, 5) is 12.8. The van der Waals surface area contributed by atoms with E-state index in [4.69, 9.17) is 11.6 Å².